The molecule has 0 bridgehead atoms. The predicted molar refractivity (Wildman–Crippen MR) is 142 cm³/mol. The number of fused-ring (bicyclic) bond motifs is 2. The Labute approximate surface area is 210 Å². The molecule has 1 aliphatic rings. The van der Waals surface area contributed by atoms with Gasteiger partial charge in [-0.25, -0.2) is 0 Å². The first kappa shape index (κ1) is 23.0. The molecular weight excluding hydrogens is 465 g/mol. The normalized spacial score (nSPS) is 13.3. The van der Waals surface area contributed by atoms with E-state index in [-0.39, 0.29) is 16.7 Å². The Balaban J connectivity index is 1.82. The maximum atomic E-state index is 13.9. The van der Waals surface area contributed by atoms with Gasteiger partial charge in [-0.1, -0.05) is 86.4 Å². The molecule has 5 heteroatoms. The minimum absolute atomic E-state index is 0.0859. The maximum absolute atomic E-state index is 13.9. The van der Waals surface area contributed by atoms with Gasteiger partial charge in [-0.3, -0.25) is 4.79 Å². The average Bonchev–Trinajstić information content (AvgIpc) is 3.08. The van der Waals surface area contributed by atoms with Gasteiger partial charge >= 0.3 is 0 Å². The third kappa shape index (κ3) is 3.81. The zero-order valence-corrected chi connectivity index (χ0v) is 21.5. The number of rotatable bonds is 4. The number of carbonyl (C=O) groups is 1. The van der Waals surface area contributed by atoms with Gasteiger partial charge in [0.25, 0.3) is 0 Å². The number of hydrogen-bond donors (Lipinski definition) is 1. The van der Waals surface area contributed by atoms with Crippen LogP contribution in [0.1, 0.15) is 57.0 Å². The van der Waals surface area contributed by atoms with Gasteiger partial charge in [0.15, 0.2) is 5.78 Å². The minimum Gasteiger partial charge on any atom is -0.439 e. The second kappa shape index (κ2) is 7.90. The quantitative estimate of drug-likeness (QED) is 0.272. The molecule has 0 fully saturated rings. The Morgan fingerprint density at radius 3 is 2.00 bits per heavy atom. The molecule has 1 heterocycles. The molecule has 174 valence electrons. The molecule has 0 amide bonds. The van der Waals surface area contributed by atoms with Crippen molar-refractivity contribution < 1.29 is 9.21 Å². The van der Waals surface area contributed by atoms with Crippen LogP contribution >= 0.6 is 23.2 Å². The van der Waals surface area contributed by atoms with Crippen molar-refractivity contribution in [2.24, 2.45) is 5.41 Å². The lowest BCUT2D eigenvalue weighted by atomic mass is 9.81. The highest BCUT2D eigenvalue weighted by Gasteiger charge is 2.37. The zero-order valence-electron chi connectivity index (χ0n) is 20.0. The van der Waals surface area contributed by atoms with E-state index in [2.05, 4.69) is 39.9 Å². The maximum Gasteiger partial charge on any atom is 0.202 e. The number of benzene rings is 3. The predicted octanol–water partition coefficient (Wildman–Crippen LogP) is 9.24. The molecule has 0 radical (unpaired) electrons. The molecule has 0 aliphatic heterocycles. The molecule has 3 aromatic carbocycles. The fraction of sp³-hybridized carbons (Fsp3) is 0.276. The van der Waals surface area contributed by atoms with Crippen LogP contribution in [-0.4, -0.2) is 11.3 Å². The van der Waals surface area contributed by atoms with Gasteiger partial charge < -0.3 is 9.73 Å². The van der Waals surface area contributed by atoms with Crippen LogP contribution in [0.5, 0.6) is 0 Å². The molecular formula is C29H27Cl2NO2. The summed E-state index contributed by atoms with van der Waals surface area (Å²) in [6.07, 6.45) is 0.880. The number of hydrogen-bond acceptors (Lipinski definition) is 3. The molecule has 0 atom stereocenters. The van der Waals surface area contributed by atoms with E-state index in [4.69, 9.17) is 27.6 Å². The van der Waals surface area contributed by atoms with Crippen molar-refractivity contribution in [2.45, 2.75) is 46.6 Å². The van der Waals surface area contributed by atoms with E-state index in [0.29, 0.717) is 43.9 Å². The van der Waals surface area contributed by atoms with E-state index in [1.807, 2.05) is 36.4 Å². The van der Waals surface area contributed by atoms with Gasteiger partial charge in [0, 0.05) is 27.6 Å². The monoisotopic (exact) mass is 491 g/mol. The van der Waals surface area contributed by atoms with Crippen LogP contribution in [-0.2, 0) is 0 Å². The smallest absolute Gasteiger partial charge is 0.202 e. The Hall–Kier alpha value is -2.75. The lowest BCUT2D eigenvalue weighted by molar-refractivity contribution is 0.104. The zero-order chi connectivity index (χ0) is 24.4. The van der Waals surface area contributed by atoms with Gasteiger partial charge in [0.1, 0.15) is 5.76 Å². The number of nitrogens with one attached hydrogen (secondary N) is 1. The van der Waals surface area contributed by atoms with E-state index in [0.717, 1.165) is 22.8 Å². The van der Waals surface area contributed by atoms with Crippen LogP contribution < -0.4 is 5.32 Å². The number of ketones is 1. The molecule has 0 unspecified atom stereocenters. The van der Waals surface area contributed by atoms with Crippen LogP contribution in [0, 0.1) is 5.41 Å². The minimum atomic E-state index is -0.316. The number of halogens is 2. The average molecular weight is 492 g/mol. The summed E-state index contributed by atoms with van der Waals surface area (Å²) in [4.78, 5) is 13.9. The molecule has 0 saturated heterocycles. The summed E-state index contributed by atoms with van der Waals surface area (Å²) in [6, 6.07) is 17.2. The number of anilines is 1. The van der Waals surface area contributed by atoms with Gasteiger partial charge in [-0.05, 0) is 43.2 Å². The molecule has 5 rings (SSSR count). The summed E-state index contributed by atoms with van der Waals surface area (Å²) in [5, 5.41) is 6.45. The summed E-state index contributed by atoms with van der Waals surface area (Å²) >= 11 is 13.4. The lowest BCUT2D eigenvalue weighted by Gasteiger charge is -2.33. The second-order valence-corrected chi connectivity index (χ2v) is 11.7. The second-order valence-electron chi connectivity index (χ2n) is 10.9. The van der Waals surface area contributed by atoms with E-state index < -0.39 is 0 Å². The standard InChI is InChI=1S/C29H27Cl2NO2/c1-28(2,3)15-29(4,5)32-27-23(22-19(30)13-8-14-20(22)31)24-25(33)17-11-6-9-16-10-7-12-18(21(16)17)26(24)34-27/h6-14,32H,15H2,1-5H3. The Kier molecular flexibility index (Phi) is 5.34. The van der Waals surface area contributed by atoms with E-state index >= 15 is 0 Å². The van der Waals surface area contributed by atoms with Crippen molar-refractivity contribution in [3.8, 4) is 22.5 Å². The summed E-state index contributed by atoms with van der Waals surface area (Å²) < 4.78 is 6.52. The highest BCUT2D eigenvalue weighted by molar-refractivity contribution is 6.40. The molecule has 1 N–H and O–H groups in total. The first-order valence-electron chi connectivity index (χ1n) is 11.4. The Morgan fingerprint density at radius 2 is 1.38 bits per heavy atom. The van der Waals surface area contributed by atoms with Crippen LogP contribution in [0.2, 0.25) is 10.0 Å². The first-order valence-corrected chi connectivity index (χ1v) is 12.2. The van der Waals surface area contributed by atoms with Crippen LogP contribution in [0.25, 0.3) is 33.2 Å². The summed E-state index contributed by atoms with van der Waals surface area (Å²) in [6.45, 7) is 10.9. The molecule has 1 aliphatic carbocycles. The van der Waals surface area contributed by atoms with Crippen molar-refractivity contribution in [1.82, 2.24) is 0 Å². The SMILES string of the molecule is CC(C)(C)CC(C)(C)Nc1oc2c(c1-c1c(Cl)cccc1Cl)C(=O)c1cccc3cccc-2c13. The molecule has 34 heavy (non-hydrogen) atoms. The number of carbonyl (C=O) groups excluding carboxylic acids is 1. The summed E-state index contributed by atoms with van der Waals surface area (Å²) in [7, 11) is 0. The highest BCUT2D eigenvalue weighted by atomic mass is 35.5. The van der Waals surface area contributed by atoms with E-state index in [1.165, 1.54) is 0 Å². The molecule has 4 aromatic rings. The molecule has 1 aromatic heterocycles. The molecule has 0 spiro atoms. The van der Waals surface area contributed by atoms with Crippen molar-refractivity contribution in [3.63, 3.8) is 0 Å². The van der Waals surface area contributed by atoms with Crippen molar-refractivity contribution >= 4 is 45.6 Å². The van der Waals surface area contributed by atoms with Crippen LogP contribution in [0.3, 0.4) is 0 Å². The van der Waals surface area contributed by atoms with Crippen molar-refractivity contribution in [3.05, 3.63) is 75.8 Å². The van der Waals surface area contributed by atoms with Crippen LogP contribution in [0.15, 0.2) is 59.0 Å². The summed E-state index contributed by atoms with van der Waals surface area (Å²) in [5.74, 6) is 0.970. The highest BCUT2D eigenvalue weighted by Crippen LogP contribution is 2.51. The van der Waals surface area contributed by atoms with E-state index in [1.54, 1.807) is 18.2 Å². The van der Waals surface area contributed by atoms with Gasteiger partial charge in [0.05, 0.1) is 21.2 Å². The van der Waals surface area contributed by atoms with Gasteiger partial charge in [-0.2, -0.15) is 0 Å². The third-order valence-corrected chi connectivity index (χ3v) is 6.80. The van der Waals surface area contributed by atoms with Crippen molar-refractivity contribution in [1.29, 1.82) is 0 Å². The Morgan fingerprint density at radius 1 is 0.794 bits per heavy atom. The largest absolute Gasteiger partial charge is 0.439 e. The molecule has 3 nitrogen and oxygen atoms in total. The van der Waals surface area contributed by atoms with Crippen molar-refractivity contribution in [2.75, 3.05) is 5.32 Å². The fourth-order valence-corrected chi connectivity index (χ4v) is 6.02. The first-order chi connectivity index (χ1) is 16.0. The van der Waals surface area contributed by atoms with Gasteiger partial charge in [-0.15, -0.1) is 0 Å². The lowest BCUT2D eigenvalue weighted by Crippen LogP contribution is -2.35. The van der Waals surface area contributed by atoms with E-state index in [9.17, 15) is 4.79 Å². The fourth-order valence-electron chi connectivity index (χ4n) is 5.43. The topological polar surface area (TPSA) is 42.2 Å². The third-order valence-electron chi connectivity index (χ3n) is 6.17. The summed E-state index contributed by atoms with van der Waals surface area (Å²) in [5.41, 5.74) is 3.04. The Bertz CT molecular complexity index is 1430. The van der Waals surface area contributed by atoms with Crippen LogP contribution in [0.4, 0.5) is 5.88 Å². The molecule has 0 saturated carbocycles. The van der Waals surface area contributed by atoms with Gasteiger partial charge in [0.2, 0.25) is 5.88 Å². The number of furan rings is 1.